The molecule has 2 fully saturated rings. The molecular formula is C23H25N5O3S. The lowest BCUT2D eigenvalue weighted by molar-refractivity contribution is -0.128. The van der Waals surface area contributed by atoms with E-state index in [9.17, 15) is 13.2 Å². The summed E-state index contributed by atoms with van der Waals surface area (Å²) in [6, 6.07) is 15.1. The van der Waals surface area contributed by atoms with Crippen LogP contribution in [0.15, 0.2) is 59.6 Å². The second-order valence-corrected chi connectivity index (χ2v) is 10.4. The van der Waals surface area contributed by atoms with Gasteiger partial charge in [0.25, 0.3) is 0 Å². The second kappa shape index (κ2) is 8.14. The molecule has 2 aliphatic heterocycles. The molecular weight excluding hydrogens is 426 g/mol. The molecule has 0 bridgehead atoms. The highest BCUT2D eigenvalue weighted by Crippen LogP contribution is 2.29. The number of likely N-dealkylation sites (tertiary alicyclic amines) is 1. The molecule has 0 N–H and O–H groups in total. The normalized spacial score (nSPS) is 17.7. The van der Waals surface area contributed by atoms with Crippen LogP contribution in [0.5, 0.6) is 0 Å². The van der Waals surface area contributed by atoms with E-state index in [-0.39, 0.29) is 11.9 Å². The summed E-state index contributed by atoms with van der Waals surface area (Å²) in [5, 5.41) is 8.31. The van der Waals surface area contributed by atoms with Gasteiger partial charge in [-0.1, -0.05) is 47.2 Å². The second-order valence-electron chi connectivity index (χ2n) is 8.48. The van der Waals surface area contributed by atoms with Crippen LogP contribution in [0.2, 0.25) is 0 Å². The van der Waals surface area contributed by atoms with Crippen molar-refractivity contribution in [2.45, 2.75) is 37.2 Å². The van der Waals surface area contributed by atoms with Gasteiger partial charge in [-0.2, -0.15) is 4.31 Å². The molecule has 3 heterocycles. The fraction of sp³-hybridized carbons (Fsp3) is 0.348. The lowest BCUT2D eigenvalue weighted by Crippen LogP contribution is -2.50. The van der Waals surface area contributed by atoms with E-state index in [2.05, 4.69) is 16.4 Å². The third-order valence-corrected chi connectivity index (χ3v) is 7.97. The van der Waals surface area contributed by atoms with Gasteiger partial charge in [0.2, 0.25) is 15.9 Å². The molecule has 0 unspecified atom stereocenters. The number of hydrogen-bond acceptors (Lipinski definition) is 5. The van der Waals surface area contributed by atoms with Crippen molar-refractivity contribution in [3.05, 3.63) is 66.0 Å². The van der Waals surface area contributed by atoms with Gasteiger partial charge in [-0.15, -0.1) is 5.10 Å². The zero-order chi connectivity index (χ0) is 22.3. The van der Waals surface area contributed by atoms with Crippen molar-refractivity contribution in [1.82, 2.24) is 24.2 Å². The van der Waals surface area contributed by atoms with Gasteiger partial charge >= 0.3 is 0 Å². The highest BCUT2D eigenvalue weighted by Gasteiger charge is 2.38. The molecule has 9 heteroatoms. The predicted molar refractivity (Wildman–Crippen MR) is 119 cm³/mol. The molecule has 8 nitrogen and oxygen atoms in total. The molecule has 166 valence electrons. The van der Waals surface area contributed by atoms with Crippen LogP contribution in [-0.2, 0) is 21.4 Å². The number of amides is 1. The van der Waals surface area contributed by atoms with E-state index in [4.69, 9.17) is 0 Å². The summed E-state index contributed by atoms with van der Waals surface area (Å²) in [7, 11) is -3.55. The maximum Gasteiger partial charge on any atom is 0.243 e. The van der Waals surface area contributed by atoms with E-state index in [1.54, 1.807) is 21.7 Å². The smallest absolute Gasteiger partial charge is 0.243 e. The fourth-order valence-corrected chi connectivity index (χ4v) is 5.72. The number of nitrogens with zero attached hydrogens (tertiary/aromatic N) is 5. The van der Waals surface area contributed by atoms with Crippen molar-refractivity contribution >= 4 is 15.9 Å². The van der Waals surface area contributed by atoms with Crippen molar-refractivity contribution in [3.8, 4) is 11.1 Å². The molecule has 0 saturated carbocycles. The first-order chi connectivity index (χ1) is 15.4. The Balaban J connectivity index is 1.23. The Hall–Kier alpha value is -3.04. The summed E-state index contributed by atoms with van der Waals surface area (Å²) in [5.41, 5.74) is 3.94. The van der Waals surface area contributed by atoms with Crippen molar-refractivity contribution in [2.75, 3.05) is 19.6 Å². The standard InChI is InChI=1S/C23H25N5O3S/c1-17-4-2-5-19(12-17)18-7-9-22(10-8-18)32(30,31)27-15-21(16-27)28-14-20(24-25-28)13-26-11-3-6-23(26)29/h2,4-5,7-10,12,14,21H,3,6,11,13,15-16H2,1H3. The Labute approximate surface area is 187 Å². The maximum absolute atomic E-state index is 13.0. The molecule has 2 aromatic carbocycles. The molecule has 3 aromatic rings. The van der Waals surface area contributed by atoms with Crippen molar-refractivity contribution in [1.29, 1.82) is 0 Å². The van der Waals surface area contributed by atoms with Crippen LogP contribution in [0.4, 0.5) is 0 Å². The van der Waals surface area contributed by atoms with E-state index in [0.717, 1.165) is 35.3 Å². The zero-order valence-electron chi connectivity index (χ0n) is 17.9. The Morgan fingerprint density at radius 1 is 1.06 bits per heavy atom. The van der Waals surface area contributed by atoms with Gasteiger partial charge in [-0.05, 0) is 36.6 Å². The van der Waals surface area contributed by atoms with Gasteiger partial charge in [0.1, 0.15) is 5.69 Å². The number of aryl methyl sites for hydroxylation is 1. The largest absolute Gasteiger partial charge is 0.337 e. The lowest BCUT2D eigenvalue weighted by Gasteiger charge is -2.37. The zero-order valence-corrected chi connectivity index (χ0v) is 18.7. The summed E-state index contributed by atoms with van der Waals surface area (Å²) >= 11 is 0. The summed E-state index contributed by atoms with van der Waals surface area (Å²) in [4.78, 5) is 13.9. The first-order valence-corrected chi connectivity index (χ1v) is 12.2. The molecule has 0 atom stereocenters. The number of rotatable bonds is 6. The van der Waals surface area contributed by atoms with Gasteiger partial charge < -0.3 is 4.90 Å². The molecule has 1 aromatic heterocycles. The van der Waals surface area contributed by atoms with E-state index >= 15 is 0 Å². The molecule has 32 heavy (non-hydrogen) atoms. The van der Waals surface area contributed by atoms with Crippen LogP contribution >= 0.6 is 0 Å². The van der Waals surface area contributed by atoms with Crippen LogP contribution < -0.4 is 0 Å². The third-order valence-electron chi connectivity index (χ3n) is 6.13. The average molecular weight is 452 g/mol. The number of hydrogen-bond donors (Lipinski definition) is 0. The first kappa shape index (κ1) is 20.8. The highest BCUT2D eigenvalue weighted by atomic mass is 32.2. The van der Waals surface area contributed by atoms with Crippen LogP contribution in [0, 0.1) is 6.92 Å². The molecule has 2 saturated heterocycles. The molecule has 1 amide bonds. The summed E-state index contributed by atoms with van der Waals surface area (Å²) in [6.07, 6.45) is 3.29. The quantitative estimate of drug-likeness (QED) is 0.575. The minimum atomic E-state index is -3.55. The van der Waals surface area contributed by atoms with Crippen LogP contribution in [0.3, 0.4) is 0 Å². The third kappa shape index (κ3) is 3.93. The fourth-order valence-electron chi connectivity index (χ4n) is 4.20. The monoisotopic (exact) mass is 451 g/mol. The Morgan fingerprint density at radius 3 is 2.53 bits per heavy atom. The molecule has 0 aliphatic carbocycles. The van der Waals surface area contributed by atoms with E-state index in [1.807, 2.05) is 43.5 Å². The van der Waals surface area contributed by atoms with Gasteiger partial charge in [-0.3, -0.25) is 4.79 Å². The van der Waals surface area contributed by atoms with E-state index in [1.165, 1.54) is 4.31 Å². The SMILES string of the molecule is Cc1cccc(-c2ccc(S(=O)(=O)N3CC(n4cc(CN5CCCC5=O)nn4)C3)cc2)c1. The maximum atomic E-state index is 13.0. The molecule has 0 radical (unpaired) electrons. The van der Waals surface area contributed by atoms with Gasteiger partial charge in [0, 0.05) is 26.1 Å². The van der Waals surface area contributed by atoms with Crippen molar-refractivity contribution < 1.29 is 13.2 Å². The number of carbonyl (C=O) groups excluding carboxylic acids is 1. The molecule has 2 aliphatic rings. The first-order valence-electron chi connectivity index (χ1n) is 10.8. The van der Waals surface area contributed by atoms with Gasteiger partial charge in [0.15, 0.2) is 0 Å². The lowest BCUT2D eigenvalue weighted by atomic mass is 10.0. The van der Waals surface area contributed by atoms with Crippen LogP contribution in [0.25, 0.3) is 11.1 Å². The van der Waals surface area contributed by atoms with Crippen LogP contribution in [0.1, 0.15) is 30.1 Å². The number of aromatic nitrogens is 3. The Bertz CT molecular complexity index is 1250. The summed E-state index contributed by atoms with van der Waals surface area (Å²) in [6.45, 7) is 3.96. The predicted octanol–water partition coefficient (Wildman–Crippen LogP) is 2.62. The van der Waals surface area contributed by atoms with E-state index in [0.29, 0.717) is 31.0 Å². The van der Waals surface area contributed by atoms with Crippen molar-refractivity contribution in [3.63, 3.8) is 0 Å². The number of benzene rings is 2. The topological polar surface area (TPSA) is 88.4 Å². The summed E-state index contributed by atoms with van der Waals surface area (Å²) in [5.74, 6) is 0.147. The Kier molecular flexibility index (Phi) is 5.30. The number of sulfonamides is 1. The summed E-state index contributed by atoms with van der Waals surface area (Å²) < 4.78 is 29.2. The highest BCUT2D eigenvalue weighted by molar-refractivity contribution is 7.89. The molecule has 0 spiro atoms. The number of carbonyl (C=O) groups is 1. The minimum Gasteiger partial charge on any atom is -0.337 e. The average Bonchev–Trinajstić information content (AvgIpc) is 3.36. The van der Waals surface area contributed by atoms with Gasteiger partial charge in [-0.25, -0.2) is 13.1 Å². The van der Waals surface area contributed by atoms with Gasteiger partial charge in [0.05, 0.1) is 23.7 Å². The van der Waals surface area contributed by atoms with E-state index < -0.39 is 10.0 Å². The molecule has 5 rings (SSSR count). The minimum absolute atomic E-state index is 0.0492. The van der Waals surface area contributed by atoms with Crippen LogP contribution in [-0.4, -0.2) is 58.2 Å². The Morgan fingerprint density at radius 2 is 1.84 bits per heavy atom. The van der Waals surface area contributed by atoms with Crippen molar-refractivity contribution in [2.24, 2.45) is 0 Å².